The molecule has 2 fully saturated rings. The zero-order valence-electron chi connectivity index (χ0n) is 12.6. The normalized spacial score (nSPS) is 25.6. The minimum absolute atomic E-state index is 0.434. The Morgan fingerprint density at radius 1 is 1.30 bits per heavy atom. The minimum Gasteiger partial charge on any atom is -0.444 e. The lowest BCUT2D eigenvalue weighted by atomic mass is 9.89. The molecule has 2 saturated carbocycles. The Morgan fingerprint density at radius 3 is 2.60 bits per heavy atom. The van der Waals surface area contributed by atoms with Gasteiger partial charge in [-0.05, 0) is 58.4 Å². The molecular weight excluding hydrogens is 254 g/mol. The van der Waals surface area contributed by atoms with E-state index >= 15 is 0 Å². The molecule has 112 valence electrons. The highest BCUT2D eigenvalue weighted by molar-refractivity contribution is 5.98. The summed E-state index contributed by atoms with van der Waals surface area (Å²) < 4.78 is 5.18. The van der Waals surface area contributed by atoms with Gasteiger partial charge >= 0.3 is 6.09 Å². The van der Waals surface area contributed by atoms with Crippen molar-refractivity contribution in [1.29, 1.82) is 5.41 Å². The van der Waals surface area contributed by atoms with E-state index in [1.807, 2.05) is 20.8 Å². The van der Waals surface area contributed by atoms with Gasteiger partial charge in [-0.25, -0.2) is 4.79 Å². The van der Waals surface area contributed by atoms with E-state index in [-0.39, 0.29) is 0 Å². The molecule has 0 aromatic heterocycles. The molecular formula is C15H25N3O2. The van der Waals surface area contributed by atoms with E-state index in [1.54, 1.807) is 6.20 Å². The van der Waals surface area contributed by atoms with Gasteiger partial charge in [-0.15, -0.1) is 0 Å². The van der Waals surface area contributed by atoms with Crippen LogP contribution in [0.15, 0.2) is 11.8 Å². The van der Waals surface area contributed by atoms with Crippen LogP contribution in [0.4, 0.5) is 4.79 Å². The molecule has 2 aliphatic carbocycles. The molecule has 2 aliphatic rings. The number of hydrogen-bond acceptors (Lipinski definition) is 4. The summed E-state index contributed by atoms with van der Waals surface area (Å²) in [7, 11) is 0. The van der Waals surface area contributed by atoms with E-state index in [4.69, 9.17) is 10.1 Å². The van der Waals surface area contributed by atoms with Gasteiger partial charge in [-0.1, -0.05) is 0 Å². The van der Waals surface area contributed by atoms with Gasteiger partial charge < -0.3 is 15.5 Å². The average Bonchev–Trinajstić information content (AvgIpc) is 3.11. The SMILES string of the molecule is CC(C)(C)OC(=O)N/C=C1/CC(NC2CC2)CCC1=N. The molecule has 20 heavy (non-hydrogen) atoms. The first-order valence-electron chi connectivity index (χ1n) is 7.36. The van der Waals surface area contributed by atoms with E-state index < -0.39 is 11.7 Å². The summed E-state index contributed by atoms with van der Waals surface area (Å²) >= 11 is 0. The van der Waals surface area contributed by atoms with Crippen LogP contribution in [0.1, 0.15) is 52.9 Å². The van der Waals surface area contributed by atoms with Gasteiger partial charge in [0.05, 0.1) is 0 Å². The van der Waals surface area contributed by atoms with Gasteiger partial charge in [0.2, 0.25) is 0 Å². The number of carbonyl (C=O) groups excluding carboxylic acids is 1. The van der Waals surface area contributed by atoms with Crippen LogP contribution in [0.25, 0.3) is 0 Å². The monoisotopic (exact) mass is 279 g/mol. The first-order chi connectivity index (χ1) is 9.33. The summed E-state index contributed by atoms with van der Waals surface area (Å²) in [6, 6.07) is 1.11. The van der Waals surface area contributed by atoms with Gasteiger partial charge in [0.25, 0.3) is 0 Å². The second-order valence-electron chi connectivity index (χ2n) is 6.68. The molecule has 0 aromatic carbocycles. The lowest BCUT2D eigenvalue weighted by molar-refractivity contribution is 0.0552. The first kappa shape index (κ1) is 15.0. The lowest BCUT2D eigenvalue weighted by Gasteiger charge is -2.26. The van der Waals surface area contributed by atoms with Crippen molar-refractivity contribution in [2.45, 2.75) is 70.6 Å². The molecule has 1 amide bonds. The Balaban J connectivity index is 1.86. The Hall–Kier alpha value is -1.36. The third-order valence-electron chi connectivity index (χ3n) is 3.41. The van der Waals surface area contributed by atoms with Crippen molar-refractivity contribution in [3.8, 4) is 0 Å². The number of alkyl carbamates (subject to hydrolysis) is 1. The molecule has 5 nitrogen and oxygen atoms in total. The molecule has 0 aliphatic heterocycles. The van der Waals surface area contributed by atoms with Crippen LogP contribution in [-0.2, 0) is 4.74 Å². The number of ether oxygens (including phenoxy) is 1. The highest BCUT2D eigenvalue weighted by Crippen LogP contribution is 2.26. The minimum atomic E-state index is -0.501. The molecule has 0 spiro atoms. The number of amides is 1. The van der Waals surface area contributed by atoms with Crippen molar-refractivity contribution in [3.05, 3.63) is 11.8 Å². The topological polar surface area (TPSA) is 74.2 Å². The van der Waals surface area contributed by atoms with Gasteiger partial charge in [-0.2, -0.15) is 0 Å². The van der Waals surface area contributed by atoms with E-state index in [0.29, 0.717) is 17.8 Å². The molecule has 0 aromatic rings. The fourth-order valence-electron chi connectivity index (χ4n) is 2.30. The zero-order chi connectivity index (χ0) is 14.8. The highest BCUT2D eigenvalue weighted by atomic mass is 16.6. The Bertz CT molecular complexity index is 419. The summed E-state index contributed by atoms with van der Waals surface area (Å²) in [5.74, 6) is 0. The van der Waals surface area contributed by atoms with Gasteiger partial charge in [0.1, 0.15) is 5.60 Å². The van der Waals surface area contributed by atoms with Crippen LogP contribution in [0, 0.1) is 5.41 Å². The van der Waals surface area contributed by atoms with E-state index in [1.165, 1.54) is 12.8 Å². The number of carbonyl (C=O) groups is 1. The van der Waals surface area contributed by atoms with Gasteiger partial charge in [0.15, 0.2) is 0 Å². The summed E-state index contributed by atoms with van der Waals surface area (Å²) in [5.41, 5.74) is 1.02. The molecule has 0 radical (unpaired) electrons. The maximum absolute atomic E-state index is 11.6. The Morgan fingerprint density at radius 2 is 2.00 bits per heavy atom. The molecule has 5 heteroatoms. The second-order valence-corrected chi connectivity index (χ2v) is 6.68. The molecule has 0 saturated heterocycles. The molecule has 1 atom stereocenters. The highest BCUT2D eigenvalue weighted by Gasteiger charge is 2.28. The summed E-state index contributed by atoms with van der Waals surface area (Å²) in [6.45, 7) is 5.49. The smallest absolute Gasteiger partial charge is 0.411 e. The van der Waals surface area contributed by atoms with Gasteiger partial charge in [0, 0.05) is 24.0 Å². The summed E-state index contributed by atoms with van der Waals surface area (Å²) in [6.07, 6.45) is 6.30. The standard InChI is InChI=1S/C15H25N3O2/c1-15(2,3)20-14(19)17-9-10-8-12(6-7-13(10)16)18-11-4-5-11/h9,11-12,16,18H,4-8H2,1-3H3,(H,17,19)/b10-9-,16-13?. The molecule has 0 bridgehead atoms. The Kier molecular flexibility index (Phi) is 4.48. The maximum atomic E-state index is 11.6. The van der Waals surface area contributed by atoms with E-state index in [2.05, 4.69) is 10.6 Å². The molecule has 3 N–H and O–H groups in total. The van der Waals surface area contributed by atoms with E-state index in [9.17, 15) is 4.79 Å². The van der Waals surface area contributed by atoms with Crippen molar-refractivity contribution in [2.24, 2.45) is 0 Å². The molecule has 2 rings (SSSR count). The maximum Gasteiger partial charge on any atom is 0.411 e. The third kappa shape index (κ3) is 4.96. The third-order valence-corrected chi connectivity index (χ3v) is 3.41. The van der Waals surface area contributed by atoms with Crippen molar-refractivity contribution < 1.29 is 9.53 Å². The van der Waals surface area contributed by atoms with Crippen LogP contribution in [0.3, 0.4) is 0 Å². The lowest BCUT2D eigenvalue weighted by Crippen LogP contribution is -2.36. The van der Waals surface area contributed by atoms with Gasteiger partial charge in [-0.3, -0.25) is 5.32 Å². The number of rotatable bonds is 3. The molecule has 1 unspecified atom stereocenters. The van der Waals surface area contributed by atoms with Crippen molar-refractivity contribution in [2.75, 3.05) is 0 Å². The van der Waals surface area contributed by atoms with Crippen LogP contribution < -0.4 is 10.6 Å². The van der Waals surface area contributed by atoms with Crippen LogP contribution in [-0.4, -0.2) is 29.5 Å². The van der Waals surface area contributed by atoms with Crippen molar-refractivity contribution >= 4 is 11.8 Å². The number of hydrogen-bond donors (Lipinski definition) is 3. The van der Waals surface area contributed by atoms with Crippen LogP contribution >= 0.6 is 0 Å². The average molecular weight is 279 g/mol. The Labute approximate surface area is 120 Å². The van der Waals surface area contributed by atoms with Crippen molar-refractivity contribution in [3.63, 3.8) is 0 Å². The first-order valence-corrected chi connectivity index (χ1v) is 7.36. The zero-order valence-corrected chi connectivity index (χ0v) is 12.6. The predicted octanol–water partition coefficient (Wildman–Crippen LogP) is 2.72. The quantitative estimate of drug-likeness (QED) is 0.743. The van der Waals surface area contributed by atoms with Crippen LogP contribution in [0.2, 0.25) is 0 Å². The van der Waals surface area contributed by atoms with E-state index in [0.717, 1.165) is 24.8 Å². The fourth-order valence-corrected chi connectivity index (χ4v) is 2.30. The summed E-state index contributed by atoms with van der Waals surface area (Å²) in [5, 5.41) is 14.2. The largest absolute Gasteiger partial charge is 0.444 e. The van der Waals surface area contributed by atoms with Crippen molar-refractivity contribution in [1.82, 2.24) is 10.6 Å². The predicted molar refractivity (Wildman–Crippen MR) is 79.0 cm³/mol. The second kappa shape index (κ2) is 5.95. The molecule has 0 heterocycles. The summed E-state index contributed by atoms with van der Waals surface area (Å²) in [4.78, 5) is 11.6. The number of nitrogens with one attached hydrogen (secondary N) is 3. The van der Waals surface area contributed by atoms with Crippen LogP contribution in [0.5, 0.6) is 0 Å². The fraction of sp³-hybridized carbons (Fsp3) is 0.733.